The summed E-state index contributed by atoms with van der Waals surface area (Å²) in [5, 5.41) is 9.11. The summed E-state index contributed by atoms with van der Waals surface area (Å²) < 4.78 is 6.90. The van der Waals surface area contributed by atoms with Gasteiger partial charge in [-0.1, -0.05) is 18.2 Å². The third-order valence-corrected chi connectivity index (χ3v) is 5.20. The number of fused-ring (bicyclic) bond motifs is 1. The highest BCUT2D eigenvalue weighted by molar-refractivity contribution is 7.98. The minimum absolute atomic E-state index is 0.166. The van der Waals surface area contributed by atoms with Crippen LogP contribution in [0.25, 0.3) is 16.7 Å². The van der Waals surface area contributed by atoms with E-state index in [0.717, 1.165) is 17.1 Å². The Hall–Kier alpha value is -3.26. The summed E-state index contributed by atoms with van der Waals surface area (Å²) in [7, 11) is 1.64. The van der Waals surface area contributed by atoms with Crippen molar-refractivity contribution in [3.63, 3.8) is 0 Å². The van der Waals surface area contributed by atoms with Gasteiger partial charge in [0.2, 0.25) is 0 Å². The molecular weight excluding hydrogens is 386 g/mol. The fourth-order valence-electron chi connectivity index (χ4n) is 3.09. The SMILES string of the molecule is COc1ccc(NCCc2nc3c(c(SC)nn3-c3ccccc3)c(=O)[nH]2)cc1. The smallest absolute Gasteiger partial charge is 0.263 e. The van der Waals surface area contributed by atoms with E-state index in [-0.39, 0.29) is 5.56 Å². The standard InChI is InChI=1S/C21H21N5O2S/c1-28-16-10-8-14(9-11-16)22-13-12-17-23-19-18(20(27)24-17)21(29-2)25-26(19)15-6-4-3-5-7-15/h3-11,22H,12-13H2,1-2H3,(H,23,24,27). The van der Waals surface area contributed by atoms with Crippen molar-refractivity contribution in [3.8, 4) is 11.4 Å². The van der Waals surface area contributed by atoms with Crippen molar-refractivity contribution in [2.45, 2.75) is 11.4 Å². The highest BCUT2D eigenvalue weighted by Crippen LogP contribution is 2.24. The number of rotatable bonds is 7. The number of nitrogens with zero attached hydrogens (tertiary/aromatic N) is 3. The molecule has 0 unspecified atom stereocenters. The van der Waals surface area contributed by atoms with Gasteiger partial charge in [0.25, 0.3) is 5.56 Å². The second-order valence-electron chi connectivity index (χ2n) is 6.37. The number of nitrogens with one attached hydrogen (secondary N) is 2. The molecule has 148 valence electrons. The molecule has 0 fully saturated rings. The van der Waals surface area contributed by atoms with Crippen molar-refractivity contribution in [1.82, 2.24) is 19.7 Å². The number of methoxy groups -OCH3 is 1. The quantitative estimate of drug-likeness (QED) is 0.456. The Morgan fingerprint density at radius 2 is 1.90 bits per heavy atom. The number of anilines is 1. The number of aromatic nitrogens is 4. The number of benzene rings is 2. The van der Waals surface area contributed by atoms with Crippen molar-refractivity contribution >= 4 is 28.5 Å². The van der Waals surface area contributed by atoms with Crippen LogP contribution in [0.1, 0.15) is 5.82 Å². The van der Waals surface area contributed by atoms with Crippen LogP contribution in [0.2, 0.25) is 0 Å². The predicted molar refractivity (Wildman–Crippen MR) is 116 cm³/mol. The van der Waals surface area contributed by atoms with Crippen LogP contribution in [0.5, 0.6) is 5.75 Å². The molecule has 0 bridgehead atoms. The number of para-hydroxylation sites is 1. The van der Waals surface area contributed by atoms with E-state index < -0.39 is 0 Å². The molecule has 2 aromatic carbocycles. The molecule has 0 aliphatic heterocycles. The van der Waals surface area contributed by atoms with Gasteiger partial charge >= 0.3 is 0 Å². The molecule has 2 heterocycles. The average molecular weight is 407 g/mol. The number of ether oxygens (including phenoxy) is 1. The van der Waals surface area contributed by atoms with Crippen molar-refractivity contribution in [1.29, 1.82) is 0 Å². The maximum atomic E-state index is 12.7. The molecule has 4 aromatic rings. The van der Waals surface area contributed by atoms with Gasteiger partial charge in [-0.05, 0) is 42.7 Å². The molecule has 29 heavy (non-hydrogen) atoms. The first kappa shape index (κ1) is 19.1. The van der Waals surface area contributed by atoms with Crippen molar-refractivity contribution in [3.05, 3.63) is 70.8 Å². The Morgan fingerprint density at radius 3 is 2.59 bits per heavy atom. The van der Waals surface area contributed by atoms with Crippen LogP contribution in [0, 0.1) is 0 Å². The predicted octanol–water partition coefficient (Wildman–Crippen LogP) is 3.49. The van der Waals surface area contributed by atoms with Gasteiger partial charge in [0.05, 0.1) is 12.8 Å². The maximum absolute atomic E-state index is 12.7. The van der Waals surface area contributed by atoms with Gasteiger partial charge in [0, 0.05) is 18.7 Å². The van der Waals surface area contributed by atoms with Crippen LogP contribution in [0.4, 0.5) is 5.69 Å². The van der Waals surface area contributed by atoms with Gasteiger partial charge in [-0.15, -0.1) is 11.8 Å². The molecule has 0 saturated heterocycles. The molecule has 0 aliphatic carbocycles. The zero-order chi connectivity index (χ0) is 20.2. The van der Waals surface area contributed by atoms with E-state index in [1.807, 2.05) is 60.9 Å². The fraction of sp³-hybridized carbons (Fsp3) is 0.190. The van der Waals surface area contributed by atoms with E-state index in [2.05, 4.69) is 15.4 Å². The lowest BCUT2D eigenvalue weighted by Gasteiger charge is -2.08. The molecule has 2 N–H and O–H groups in total. The monoisotopic (exact) mass is 407 g/mol. The third kappa shape index (κ3) is 3.97. The van der Waals surface area contributed by atoms with Crippen LogP contribution in [0.15, 0.2) is 64.4 Å². The molecule has 0 amide bonds. The number of aromatic amines is 1. The van der Waals surface area contributed by atoms with Crippen LogP contribution in [-0.4, -0.2) is 39.7 Å². The molecule has 0 spiro atoms. The lowest BCUT2D eigenvalue weighted by atomic mass is 10.3. The minimum atomic E-state index is -0.166. The number of hydrogen-bond acceptors (Lipinski definition) is 6. The van der Waals surface area contributed by atoms with Crippen LogP contribution < -0.4 is 15.6 Å². The third-order valence-electron chi connectivity index (χ3n) is 4.53. The molecule has 0 atom stereocenters. The number of hydrogen-bond donors (Lipinski definition) is 2. The summed E-state index contributed by atoms with van der Waals surface area (Å²) in [5.41, 5.74) is 2.26. The van der Waals surface area contributed by atoms with Gasteiger partial charge in [-0.2, -0.15) is 5.10 Å². The Morgan fingerprint density at radius 1 is 1.14 bits per heavy atom. The first-order valence-electron chi connectivity index (χ1n) is 9.19. The largest absolute Gasteiger partial charge is 0.497 e. The van der Waals surface area contributed by atoms with Crippen LogP contribution in [-0.2, 0) is 6.42 Å². The summed E-state index contributed by atoms with van der Waals surface area (Å²) >= 11 is 1.44. The van der Waals surface area contributed by atoms with E-state index in [9.17, 15) is 4.79 Å². The van der Waals surface area contributed by atoms with Crippen molar-refractivity contribution in [2.24, 2.45) is 0 Å². The molecule has 2 aromatic heterocycles. The Balaban J connectivity index is 1.61. The van der Waals surface area contributed by atoms with Gasteiger partial charge in [-0.3, -0.25) is 4.79 Å². The van der Waals surface area contributed by atoms with Gasteiger partial charge in [0.1, 0.15) is 22.0 Å². The van der Waals surface area contributed by atoms with Crippen molar-refractivity contribution < 1.29 is 4.74 Å². The molecule has 0 saturated carbocycles. The topological polar surface area (TPSA) is 84.8 Å². The zero-order valence-corrected chi connectivity index (χ0v) is 17.0. The second kappa shape index (κ2) is 8.40. The molecule has 8 heteroatoms. The Kier molecular flexibility index (Phi) is 5.53. The number of H-pyrrole nitrogens is 1. The lowest BCUT2D eigenvalue weighted by molar-refractivity contribution is 0.415. The molecule has 4 rings (SSSR count). The van der Waals surface area contributed by atoms with Crippen LogP contribution >= 0.6 is 11.8 Å². The Bertz CT molecular complexity index is 1170. The highest BCUT2D eigenvalue weighted by Gasteiger charge is 2.17. The molecule has 0 radical (unpaired) electrons. The van der Waals surface area contributed by atoms with Crippen molar-refractivity contribution in [2.75, 3.05) is 25.2 Å². The van der Waals surface area contributed by atoms with Gasteiger partial charge in [-0.25, -0.2) is 9.67 Å². The summed E-state index contributed by atoms with van der Waals surface area (Å²) in [6.45, 7) is 0.635. The summed E-state index contributed by atoms with van der Waals surface area (Å²) in [4.78, 5) is 20.3. The summed E-state index contributed by atoms with van der Waals surface area (Å²) in [6.07, 6.45) is 2.48. The lowest BCUT2D eigenvalue weighted by Crippen LogP contribution is -2.15. The highest BCUT2D eigenvalue weighted by atomic mass is 32.2. The minimum Gasteiger partial charge on any atom is -0.497 e. The maximum Gasteiger partial charge on any atom is 0.263 e. The fourth-order valence-corrected chi connectivity index (χ4v) is 3.64. The van der Waals surface area contributed by atoms with Gasteiger partial charge in [0.15, 0.2) is 5.65 Å². The number of thioether (sulfide) groups is 1. The van der Waals surface area contributed by atoms with Gasteiger partial charge < -0.3 is 15.0 Å². The summed E-state index contributed by atoms with van der Waals surface area (Å²) in [5.74, 6) is 1.43. The summed E-state index contributed by atoms with van der Waals surface area (Å²) in [6, 6.07) is 17.4. The molecule has 7 nitrogen and oxygen atoms in total. The van der Waals surface area contributed by atoms with E-state index in [0.29, 0.717) is 34.8 Å². The van der Waals surface area contributed by atoms with E-state index in [1.165, 1.54) is 11.8 Å². The zero-order valence-electron chi connectivity index (χ0n) is 16.2. The first-order valence-corrected chi connectivity index (χ1v) is 10.4. The second-order valence-corrected chi connectivity index (χ2v) is 7.17. The first-order chi connectivity index (χ1) is 14.2. The average Bonchev–Trinajstić information content (AvgIpc) is 3.14. The molecule has 0 aliphatic rings. The Labute approximate surface area is 172 Å². The van der Waals surface area contributed by atoms with Crippen LogP contribution in [0.3, 0.4) is 0 Å². The normalized spacial score (nSPS) is 11.0. The van der Waals surface area contributed by atoms with E-state index in [4.69, 9.17) is 9.72 Å². The molecular formula is C21H21N5O2S. The van der Waals surface area contributed by atoms with E-state index in [1.54, 1.807) is 11.8 Å². The van der Waals surface area contributed by atoms with E-state index >= 15 is 0 Å².